The smallest absolute Gasteiger partial charge is 0.133 e. The second-order valence-electron chi connectivity index (χ2n) is 12.3. The van der Waals surface area contributed by atoms with Crippen LogP contribution < -0.4 is 4.90 Å². The summed E-state index contributed by atoms with van der Waals surface area (Å²) in [6.45, 7) is 9.25. The molecule has 170 valence electrons. The van der Waals surface area contributed by atoms with Gasteiger partial charge in [-0.05, 0) is 118 Å². The Balaban J connectivity index is 1.34. The number of fused-ring (bicyclic) bond motifs is 5. The highest BCUT2D eigenvalue weighted by atomic mass is 16.1. The van der Waals surface area contributed by atoms with Crippen LogP contribution in [0.4, 0.5) is 5.69 Å². The molecule has 0 bridgehead atoms. The number of rotatable bonds is 3. The third-order valence-corrected chi connectivity index (χ3v) is 11.2. The van der Waals surface area contributed by atoms with E-state index >= 15 is 0 Å². The number of carbonyl (C=O) groups is 1. The van der Waals surface area contributed by atoms with E-state index in [0.29, 0.717) is 28.6 Å². The first-order valence-corrected chi connectivity index (χ1v) is 13.0. The van der Waals surface area contributed by atoms with Crippen LogP contribution in [-0.4, -0.2) is 18.9 Å². The fourth-order valence-corrected chi connectivity index (χ4v) is 9.41. The van der Waals surface area contributed by atoms with E-state index in [2.05, 4.69) is 57.0 Å². The second-order valence-corrected chi connectivity index (χ2v) is 12.3. The Morgan fingerprint density at radius 1 is 0.935 bits per heavy atom. The predicted octanol–water partition coefficient (Wildman–Crippen LogP) is 7.05. The summed E-state index contributed by atoms with van der Waals surface area (Å²) < 4.78 is 0. The van der Waals surface area contributed by atoms with Gasteiger partial charge in [0.1, 0.15) is 5.78 Å². The number of anilines is 1. The number of hydrogen-bond donors (Lipinski definition) is 0. The number of aryl methyl sites for hydroxylation is 1. The number of nitrogens with zero attached hydrogens (tertiary/aromatic N) is 1. The van der Waals surface area contributed by atoms with Gasteiger partial charge in [-0.15, -0.1) is 0 Å². The second kappa shape index (κ2) is 7.63. The van der Waals surface area contributed by atoms with Crippen LogP contribution in [0.2, 0.25) is 0 Å². The van der Waals surface area contributed by atoms with E-state index in [4.69, 9.17) is 0 Å². The van der Waals surface area contributed by atoms with Crippen LogP contribution >= 0.6 is 0 Å². The maximum absolute atomic E-state index is 12.4. The average molecular weight is 422 g/mol. The Morgan fingerprint density at radius 3 is 2.39 bits per heavy atom. The molecule has 4 fully saturated rings. The van der Waals surface area contributed by atoms with Gasteiger partial charge in [-0.1, -0.05) is 32.0 Å². The molecule has 0 saturated heterocycles. The zero-order chi connectivity index (χ0) is 22.0. The molecule has 4 aliphatic carbocycles. The van der Waals surface area contributed by atoms with Crippen molar-refractivity contribution in [2.24, 2.45) is 40.4 Å². The maximum atomic E-state index is 12.4. The van der Waals surface area contributed by atoms with Crippen LogP contribution in [0, 0.1) is 47.3 Å². The summed E-state index contributed by atoms with van der Waals surface area (Å²) >= 11 is 0. The molecule has 0 radical (unpaired) electrons. The quantitative estimate of drug-likeness (QED) is 0.521. The lowest BCUT2D eigenvalue weighted by atomic mass is 9.44. The molecule has 0 aliphatic heterocycles. The Kier molecular flexibility index (Phi) is 5.30. The van der Waals surface area contributed by atoms with Gasteiger partial charge >= 0.3 is 0 Å². The molecule has 1 aromatic carbocycles. The molecule has 4 aliphatic rings. The van der Waals surface area contributed by atoms with Crippen molar-refractivity contribution in [3.8, 4) is 0 Å². The Hall–Kier alpha value is -1.31. The SMILES string of the molecule is CC(=O)[C@H]1CCC2C3CCC4C[C@@H](N(C)c5ccccc5C)CC[C@]4(C)C3CC[C@@]21C. The fraction of sp³-hybridized carbons (Fsp3) is 0.759. The monoisotopic (exact) mass is 421 g/mol. The lowest BCUT2D eigenvalue weighted by molar-refractivity contribution is -0.134. The minimum Gasteiger partial charge on any atom is -0.371 e. The Bertz CT molecular complexity index is 847. The zero-order valence-corrected chi connectivity index (χ0v) is 20.5. The first-order chi connectivity index (χ1) is 14.8. The van der Waals surface area contributed by atoms with Crippen molar-refractivity contribution in [1.29, 1.82) is 0 Å². The van der Waals surface area contributed by atoms with E-state index in [9.17, 15) is 4.79 Å². The van der Waals surface area contributed by atoms with Crippen molar-refractivity contribution in [1.82, 2.24) is 0 Å². The molecule has 0 amide bonds. The van der Waals surface area contributed by atoms with Crippen LogP contribution in [0.25, 0.3) is 0 Å². The molecule has 0 spiro atoms. The van der Waals surface area contributed by atoms with Gasteiger partial charge in [0.25, 0.3) is 0 Å². The lowest BCUT2D eigenvalue weighted by Crippen LogP contribution is -2.55. The van der Waals surface area contributed by atoms with Crippen molar-refractivity contribution in [3.05, 3.63) is 29.8 Å². The topological polar surface area (TPSA) is 20.3 Å². The molecule has 0 N–H and O–H groups in total. The van der Waals surface area contributed by atoms with Gasteiger partial charge in [0.15, 0.2) is 0 Å². The Morgan fingerprint density at radius 2 is 1.65 bits per heavy atom. The molecule has 4 saturated carbocycles. The maximum Gasteiger partial charge on any atom is 0.133 e. The summed E-state index contributed by atoms with van der Waals surface area (Å²) in [7, 11) is 2.33. The molecule has 31 heavy (non-hydrogen) atoms. The predicted molar refractivity (Wildman–Crippen MR) is 129 cm³/mol. The fourth-order valence-electron chi connectivity index (χ4n) is 9.41. The van der Waals surface area contributed by atoms with Crippen LogP contribution in [0.15, 0.2) is 24.3 Å². The largest absolute Gasteiger partial charge is 0.371 e. The molecule has 1 aromatic rings. The molecular weight excluding hydrogens is 378 g/mol. The van der Waals surface area contributed by atoms with Crippen LogP contribution in [-0.2, 0) is 4.79 Å². The molecule has 8 atom stereocenters. The number of benzene rings is 1. The summed E-state index contributed by atoms with van der Waals surface area (Å²) in [6.07, 6.45) is 12.0. The first-order valence-electron chi connectivity index (χ1n) is 13.0. The molecule has 5 rings (SSSR count). The molecule has 4 unspecified atom stereocenters. The van der Waals surface area contributed by atoms with Gasteiger partial charge < -0.3 is 4.90 Å². The average Bonchev–Trinajstić information content (AvgIpc) is 3.10. The highest BCUT2D eigenvalue weighted by Gasteiger charge is 2.60. The molecule has 0 heterocycles. The number of hydrogen-bond acceptors (Lipinski definition) is 2. The minimum absolute atomic E-state index is 0.290. The third kappa shape index (κ3) is 3.22. The van der Waals surface area contributed by atoms with Crippen LogP contribution in [0.5, 0.6) is 0 Å². The number of para-hydroxylation sites is 1. The van der Waals surface area contributed by atoms with E-state index in [1.165, 1.54) is 62.6 Å². The Labute approximate surface area is 190 Å². The summed E-state index contributed by atoms with van der Waals surface area (Å²) in [5.74, 6) is 4.22. The van der Waals surface area contributed by atoms with Crippen LogP contribution in [0.1, 0.15) is 84.1 Å². The van der Waals surface area contributed by atoms with E-state index in [-0.39, 0.29) is 0 Å². The minimum atomic E-state index is 0.290. The van der Waals surface area contributed by atoms with Gasteiger partial charge in [-0.3, -0.25) is 4.79 Å². The number of ketones is 1. The van der Waals surface area contributed by atoms with Crippen molar-refractivity contribution in [2.45, 2.75) is 91.5 Å². The molecule has 2 nitrogen and oxygen atoms in total. The summed E-state index contributed by atoms with van der Waals surface area (Å²) in [6, 6.07) is 9.57. The van der Waals surface area contributed by atoms with Gasteiger partial charge in [-0.2, -0.15) is 0 Å². The van der Waals surface area contributed by atoms with E-state index < -0.39 is 0 Å². The first kappa shape index (κ1) is 21.5. The number of Topliss-reactive ketones (excluding diaryl/α,β-unsaturated/α-hetero) is 1. The highest BCUT2D eigenvalue weighted by Crippen LogP contribution is 2.67. The van der Waals surface area contributed by atoms with E-state index in [1.54, 1.807) is 0 Å². The standard InChI is InChI=1S/C29H43NO/c1-19-8-6-7-9-27(19)30(5)22-14-16-28(3)21(18-22)10-11-23-25-13-12-24(20(2)31)29(25,4)17-15-26(23)28/h6-9,21-26H,10-18H2,1-5H3/t21?,22-,23?,24+,25?,26?,28-,29+/m0/s1. The summed E-state index contributed by atoms with van der Waals surface area (Å²) in [4.78, 5) is 15.0. The van der Waals surface area contributed by atoms with E-state index in [0.717, 1.165) is 30.1 Å². The molecule has 2 heteroatoms. The van der Waals surface area contributed by atoms with Gasteiger partial charge in [0.2, 0.25) is 0 Å². The molecule has 0 aromatic heterocycles. The van der Waals surface area contributed by atoms with Crippen molar-refractivity contribution < 1.29 is 4.79 Å². The normalized spacial score (nSPS) is 44.2. The van der Waals surface area contributed by atoms with E-state index in [1.807, 2.05) is 6.92 Å². The van der Waals surface area contributed by atoms with Crippen LogP contribution in [0.3, 0.4) is 0 Å². The van der Waals surface area contributed by atoms with Gasteiger partial charge in [0.05, 0.1) is 0 Å². The number of carbonyl (C=O) groups excluding carboxylic acids is 1. The third-order valence-electron chi connectivity index (χ3n) is 11.2. The summed E-state index contributed by atoms with van der Waals surface area (Å²) in [5.41, 5.74) is 3.62. The van der Waals surface area contributed by atoms with Gasteiger partial charge in [0, 0.05) is 24.7 Å². The summed E-state index contributed by atoms with van der Waals surface area (Å²) in [5, 5.41) is 0. The van der Waals surface area contributed by atoms with Crippen molar-refractivity contribution in [2.75, 3.05) is 11.9 Å². The molecular formula is C29H43NO. The lowest BCUT2D eigenvalue weighted by Gasteiger charge is -2.61. The zero-order valence-electron chi connectivity index (χ0n) is 20.5. The highest BCUT2D eigenvalue weighted by molar-refractivity contribution is 5.79. The van der Waals surface area contributed by atoms with Gasteiger partial charge in [-0.25, -0.2) is 0 Å². The van der Waals surface area contributed by atoms with Crippen molar-refractivity contribution in [3.63, 3.8) is 0 Å². The van der Waals surface area contributed by atoms with Crippen molar-refractivity contribution >= 4 is 11.5 Å².